The molecule has 2 rings (SSSR count). The Balaban J connectivity index is 2.41. The maximum atomic E-state index is 12.3. The van der Waals surface area contributed by atoms with Crippen molar-refractivity contribution in [3.05, 3.63) is 18.2 Å². The average Bonchev–Trinajstić information content (AvgIpc) is 2.35. The van der Waals surface area contributed by atoms with Crippen LogP contribution in [0, 0.1) is 0 Å². The van der Waals surface area contributed by atoms with Gasteiger partial charge in [0.15, 0.2) is 5.60 Å². The van der Waals surface area contributed by atoms with Gasteiger partial charge in [0.2, 0.25) is 0 Å². The Morgan fingerprint density at radius 1 is 1.53 bits per heavy atom. The number of benzene rings is 1. The van der Waals surface area contributed by atoms with Gasteiger partial charge >= 0.3 is 5.97 Å². The number of carbonyl (C=O) groups excluding carboxylic acids is 2. The third kappa shape index (κ3) is 2.21. The number of esters is 1. The molecule has 1 heterocycles. The van der Waals surface area contributed by atoms with Crippen LogP contribution in [-0.2, 0) is 14.3 Å². The highest BCUT2D eigenvalue weighted by Crippen LogP contribution is 2.39. The van der Waals surface area contributed by atoms with Gasteiger partial charge in [0.05, 0.1) is 19.2 Å². The first kappa shape index (κ1) is 13.2. The molecule has 1 aliphatic rings. The van der Waals surface area contributed by atoms with Crippen LogP contribution in [0.4, 0.5) is 11.4 Å². The van der Waals surface area contributed by atoms with Crippen LogP contribution in [0.3, 0.4) is 0 Å². The zero-order valence-electron chi connectivity index (χ0n) is 11.1. The van der Waals surface area contributed by atoms with E-state index in [4.69, 9.17) is 10.5 Å². The van der Waals surface area contributed by atoms with E-state index < -0.39 is 11.6 Å². The van der Waals surface area contributed by atoms with Gasteiger partial charge in [-0.25, -0.2) is 0 Å². The summed E-state index contributed by atoms with van der Waals surface area (Å²) >= 11 is 0. The topological polar surface area (TPSA) is 81.9 Å². The molecule has 0 aliphatic carbocycles. The predicted octanol–water partition coefficient (Wildman–Crippen LogP) is 0.946. The number of ether oxygens (including phenoxy) is 2. The van der Waals surface area contributed by atoms with Crippen LogP contribution in [0.2, 0.25) is 0 Å². The fourth-order valence-corrected chi connectivity index (χ4v) is 2.10. The van der Waals surface area contributed by atoms with E-state index >= 15 is 0 Å². The third-order valence-corrected chi connectivity index (χ3v) is 3.15. The molecule has 0 bridgehead atoms. The quantitative estimate of drug-likeness (QED) is 0.635. The molecule has 1 amide bonds. The van der Waals surface area contributed by atoms with Gasteiger partial charge in [0, 0.05) is 18.8 Å². The van der Waals surface area contributed by atoms with E-state index in [1.807, 2.05) is 0 Å². The molecule has 6 heteroatoms. The van der Waals surface area contributed by atoms with Gasteiger partial charge in [-0.3, -0.25) is 9.59 Å². The average molecular weight is 264 g/mol. The Morgan fingerprint density at radius 2 is 2.21 bits per heavy atom. The summed E-state index contributed by atoms with van der Waals surface area (Å²) in [5.74, 6) is -0.319. The number of nitrogen functional groups attached to an aromatic ring is 1. The number of anilines is 2. The Bertz CT molecular complexity index is 543. The Hall–Kier alpha value is -2.24. The molecule has 1 aliphatic heterocycles. The lowest BCUT2D eigenvalue weighted by molar-refractivity contribution is -0.150. The van der Waals surface area contributed by atoms with E-state index in [1.54, 1.807) is 32.2 Å². The molecule has 1 aromatic carbocycles. The van der Waals surface area contributed by atoms with Gasteiger partial charge in [-0.05, 0) is 19.1 Å². The molecule has 1 unspecified atom stereocenters. The molecule has 1 atom stereocenters. The summed E-state index contributed by atoms with van der Waals surface area (Å²) in [6, 6.07) is 5.03. The second kappa shape index (κ2) is 4.46. The summed E-state index contributed by atoms with van der Waals surface area (Å²) in [6.45, 7) is 1.56. The third-order valence-electron chi connectivity index (χ3n) is 3.15. The fourth-order valence-electron chi connectivity index (χ4n) is 2.10. The van der Waals surface area contributed by atoms with E-state index in [-0.39, 0.29) is 12.3 Å². The molecule has 0 saturated carbocycles. The number of methoxy groups -OCH3 is 1. The first-order valence-electron chi connectivity index (χ1n) is 5.81. The van der Waals surface area contributed by atoms with Gasteiger partial charge in [0.25, 0.3) is 5.91 Å². The zero-order chi connectivity index (χ0) is 14.2. The van der Waals surface area contributed by atoms with E-state index in [1.165, 1.54) is 12.0 Å². The lowest BCUT2D eigenvalue weighted by atomic mass is 9.97. The number of amides is 1. The minimum absolute atomic E-state index is 0.152. The molecule has 0 fully saturated rings. The highest BCUT2D eigenvalue weighted by molar-refractivity contribution is 6.04. The van der Waals surface area contributed by atoms with Gasteiger partial charge in [0.1, 0.15) is 5.75 Å². The summed E-state index contributed by atoms with van der Waals surface area (Å²) in [5.41, 5.74) is 5.58. The second-order valence-corrected chi connectivity index (χ2v) is 4.68. The Morgan fingerprint density at radius 3 is 2.84 bits per heavy atom. The number of rotatable bonds is 2. The minimum atomic E-state index is -1.28. The van der Waals surface area contributed by atoms with Gasteiger partial charge in [-0.15, -0.1) is 0 Å². The fraction of sp³-hybridized carbons (Fsp3) is 0.385. The van der Waals surface area contributed by atoms with Crippen molar-refractivity contribution in [3.63, 3.8) is 0 Å². The molecular weight excluding hydrogens is 248 g/mol. The number of hydrogen-bond donors (Lipinski definition) is 1. The highest BCUT2D eigenvalue weighted by Gasteiger charge is 2.45. The maximum Gasteiger partial charge on any atom is 0.310 e. The lowest BCUT2D eigenvalue weighted by Gasteiger charge is -2.38. The summed E-state index contributed by atoms with van der Waals surface area (Å²) in [7, 11) is 2.91. The van der Waals surface area contributed by atoms with Crippen molar-refractivity contribution in [2.45, 2.75) is 18.9 Å². The monoisotopic (exact) mass is 264 g/mol. The Labute approximate surface area is 111 Å². The van der Waals surface area contributed by atoms with Gasteiger partial charge in [-0.1, -0.05) is 0 Å². The van der Waals surface area contributed by atoms with Crippen LogP contribution < -0.4 is 15.4 Å². The van der Waals surface area contributed by atoms with Crippen molar-refractivity contribution >= 4 is 23.3 Å². The van der Waals surface area contributed by atoms with Gasteiger partial charge < -0.3 is 20.1 Å². The molecule has 0 aromatic heterocycles. The van der Waals surface area contributed by atoms with E-state index in [0.29, 0.717) is 17.1 Å². The molecule has 0 saturated heterocycles. The first-order chi connectivity index (χ1) is 8.87. The van der Waals surface area contributed by atoms with E-state index in [2.05, 4.69) is 4.74 Å². The number of nitrogens with two attached hydrogens (primary N) is 1. The molecule has 102 valence electrons. The predicted molar refractivity (Wildman–Crippen MR) is 69.9 cm³/mol. The van der Waals surface area contributed by atoms with E-state index in [0.717, 1.165) is 0 Å². The van der Waals surface area contributed by atoms with Crippen molar-refractivity contribution < 1.29 is 19.1 Å². The van der Waals surface area contributed by atoms with E-state index in [9.17, 15) is 9.59 Å². The zero-order valence-corrected chi connectivity index (χ0v) is 11.1. The van der Waals surface area contributed by atoms with Crippen molar-refractivity contribution in [3.8, 4) is 5.75 Å². The Kier molecular flexibility index (Phi) is 3.09. The summed E-state index contributed by atoms with van der Waals surface area (Å²) < 4.78 is 10.3. The van der Waals surface area contributed by atoms with Gasteiger partial charge in [-0.2, -0.15) is 0 Å². The lowest BCUT2D eigenvalue weighted by Crippen LogP contribution is -2.54. The first-order valence-corrected chi connectivity index (χ1v) is 5.81. The van der Waals surface area contributed by atoms with Crippen LogP contribution in [-0.4, -0.2) is 31.6 Å². The number of likely N-dealkylation sites (N-methyl/N-ethyl adjacent to an activating group) is 1. The normalized spacial score (nSPS) is 21.6. The summed E-state index contributed by atoms with van der Waals surface area (Å²) in [4.78, 5) is 25.2. The van der Waals surface area contributed by atoms with Crippen LogP contribution in [0.5, 0.6) is 5.75 Å². The summed E-state index contributed by atoms with van der Waals surface area (Å²) in [5, 5.41) is 0. The van der Waals surface area contributed by atoms with Crippen molar-refractivity contribution in [2.24, 2.45) is 0 Å². The molecule has 19 heavy (non-hydrogen) atoms. The molecule has 6 nitrogen and oxygen atoms in total. The smallest absolute Gasteiger partial charge is 0.310 e. The molecule has 1 aromatic rings. The van der Waals surface area contributed by atoms with Crippen LogP contribution in [0.25, 0.3) is 0 Å². The number of nitrogens with zero attached hydrogens (tertiary/aromatic N) is 1. The minimum Gasteiger partial charge on any atom is -0.475 e. The number of fused-ring (bicyclic) bond motifs is 1. The second-order valence-electron chi connectivity index (χ2n) is 4.68. The SMILES string of the molecule is COC(=O)CC1(C)Oc2cc(N)ccc2N(C)C1=O. The standard InChI is InChI=1S/C13H16N2O4/c1-13(7-11(16)18-3)12(17)15(2)9-5-4-8(14)6-10(9)19-13/h4-6H,7,14H2,1-3H3. The number of hydrogen-bond acceptors (Lipinski definition) is 5. The maximum absolute atomic E-state index is 12.3. The van der Waals surface area contributed by atoms with Crippen LogP contribution in [0.15, 0.2) is 18.2 Å². The van der Waals surface area contributed by atoms with Crippen molar-refractivity contribution in [1.82, 2.24) is 0 Å². The molecule has 0 spiro atoms. The molecule has 2 N–H and O–H groups in total. The van der Waals surface area contributed by atoms with Crippen LogP contribution >= 0.6 is 0 Å². The highest BCUT2D eigenvalue weighted by atomic mass is 16.5. The van der Waals surface area contributed by atoms with Crippen molar-refractivity contribution in [2.75, 3.05) is 24.8 Å². The molecular formula is C13H16N2O4. The summed E-state index contributed by atoms with van der Waals surface area (Å²) in [6.07, 6.45) is -0.152. The molecule has 0 radical (unpaired) electrons. The van der Waals surface area contributed by atoms with Crippen LogP contribution in [0.1, 0.15) is 13.3 Å². The largest absolute Gasteiger partial charge is 0.475 e. The van der Waals surface area contributed by atoms with Crippen molar-refractivity contribution in [1.29, 1.82) is 0 Å². The number of carbonyl (C=O) groups is 2.